The quantitative estimate of drug-likeness (QED) is 0.779. The number of rotatable bonds is 7. The molecule has 1 aliphatic rings. The van der Waals surface area contributed by atoms with Crippen LogP contribution in [0.4, 0.5) is 0 Å². The van der Waals surface area contributed by atoms with Crippen LogP contribution in [0.2, 0.25) is 0 Å². The number of hydrogen-bond acceptors (Lipinski definition) is 4. The van der Waals surface area contributed by atoms with E-state index < -0.39 is 0 Å². The lowest BCUT2D eigenvalue weighted by Gasteiger charge is -2.31. The van der Waals surface area contributed by atoms with Gasteiger partial charge in [-0.25, -0.2) is 0 Å². The van der Waals surface area contributed by atoms with E-state index in [1.807, 2.05) is 12.1 Å². The summed E-state index contributed by atoms with van der Waals surface area (Å²) >= 11 is 0. The van der Waals surface area contributed by atoms with E-state index in [9.17, 15) is 0 Å². The van der Waals surface area contributed by atoms with Crippen LogP contribution in [0.5, 0.6) is 5.75 Å². The van der Waals surface area contributed by atoms with Crippen molar-refractivity contribution >= 4 is 0 Å². The molecule has 1 aliphatic carbocycles. The molecule has 4 nitrogen and oxygen atoms in total. The average Bonchev–Trinajstić information content (AvgIpc) is 2.49. The largest absolute Gasteiger partial charge is 0.497 e. The van der Waals surface area contributed by atoms with Crippen molar-refractivity contribution < 1.29 is 14.2 Å². The highest BCUT2D eigenvalue weighted by Gasteiger charge is 2.27. The third-order valence-electron chi connectivity index (χ3n) is 3.72. The second-order valence-corrected chi connectivity index (χ2v) is 5.15. The van der Waals surface area contributed by atoms with Crippen molar-refractivity contribution in [2.75, 3.05) is 26.9 Å². The van der Waals surface area contributed by atoms with Crippen LogP contribution in [0.1, 0.15) is 36.9 Å². The van der Waals surface area contributed by atoms with Gasteiger partial charge < -0.3 is 19.9 Å². The van der Waals surface area contributed by atoms with Crippen LogP contribution in [-0.4, -0.2) is 33.0 Å². The minimum absolute atomic E-state index is 0.0693. The molecule has 0 amide bonds. The van der Waals surface area contributed by atoms with Gasteiger partial charge in [0.15, 0.2) is 0 Å². The molecular weight excluding hydrogens is 254 g/mol. The van der Waals surface area contributed by atoms with Gasteiger partial charge in [-0.15, -0.1) is 0 Å². The fourth-order valence-electron chi connectivity index (χ4n) is 2.61. The zero-order chi connectivity index (χ0) is 14.4. The highest BCUT2D eigenvalue weighted by atomic mass is 16.5. The molecule has 0 saturated heterocycles. The Bertz CT molecular complexity index is 422. The average molecular weight is 279 g/mol. The van der Waals surface area contributed by atoms with E-state index in [4.69, 9.17) is 19.9 Å². The Morgan fingerprint density at radius 3 is 2.85 bits per heavy atom. The van der Waals surface area contributed by atoms with E-state index in [-0.39, 0.29) is 12.1 Å². The van der Waals surface area contributed by atoms with Gasteiger partial charge >= 0.3 is 0 Å². The topological polar surface area (TPSA) is 53.7 Å². The summed E-state index contributed by atoms with van der Waals surface area (Å²) in [4.78, 5) is 0. The van der Waals surface area contributed by atoms with Gasteiger partial charge in [-0.2, -0.15) is 0 Å². The molecule has 0 bridgehead atoms. The maximum absolute atomic E-state index is 6.33. The van der Waals surface area contributed by atoms with Gasteiger partial charge in [-0.1, -0.05) is 13.0 Å². The zero-order valence-corrected chi connectivity index (χ0v) is 12.4. The number of methoxy groups -OCH3 is 1. The minimum atomic E-state index is -0.0833. The predicted octanol–water partition coefficient (Wildman–Crippen LogP) is 2.45. The minimum Gasteiger partial charge on any atom is -0.497 e. The van der Waals surface area contributed by atoms with Crippen molar-refractivity contribution in [1.82, 2.24) is 0 Å². The number of ether oxygens (including phenoxy) is 3. The molecule has 2 N–H and O–H groups in total. The lowest BCUT2D eigenvalue weighted by atomic mass is 9.86. The molecule has 112 valence electrons. The summed E-state index contributed by atoms with van der Waals surface area (Å²) in [6.45, 7) is 4.14. The van der Waals surface area contributed by atoms with E-state index in [2.05, 4.69) is 13.0 Å². The van der Waals surface area contributed by atoms with Crippen molar-refractivity contribution in [3.05, 3.63) is 29.3 Å². The Morgan fingerprint density at radius 1 is 1.25 bits per heavy atom. The van der Waals surface area contributed by atoms with Crippen LogP contribution in [0.15, 0.2) is 18.2 Å². The lowest BCUT2D eigenvalue weighted by molar-refractivity contribution is -0.0125. The maximum atomic E-state index is 6.33. The molecule has 2 unspecified atom stereocenters. The molecule has 2 atom stereocenters. The van der Waals surface area contributed by atoms with Crippen molar-refractivity contribution in [2.45, 2.75) is 38.3 Å². The number of benzene rings is 1. The molecule has 0 heterocycles. The first kappa shape index (κ1) is 15.3. The summed E-state index contributed by atoms with van der Waals surface area (Å²) in [5, 5.41) is 0. The molecule has 4 heteroatoms. The predicted molar refractivity (Wildman–Crippen MR) is 79.1 cm³/mol. The highest BCUT2D eigenvalue weighted by molar-refractivity contribution is 5.39. The smallest absolute Gasteiger partial charge is 0.119 e. The zero-order valence-electron chi connectivity index (χ0n) is 12.4. The van der Waals surface area contributed by atoms with Gasteiger partial charge in [-0.3, -0.25) is 0 Å². The fraction of sp³-hybridized carbons (Fsp3) is 0.625. The van der Waals surface area contributed by atoms with Gasteiger partial charge in [0.1, 0.15) is 5.75 Å². The first-order valence-corrected chi connectivity index (χ1v) is 7.38. The number of aryl methyl sites for hydroxylation is 1. The van der Waals surface area contributed by atoms with Gasteiger partial charge in [0.05, 0.1) is 32.5 Å². The standard InChI is InChI=1S/C16H25NO3/c1-3-8-19-9-10-20-15-7-5-12-4-6-13(18-2)11-14(12)16(15)17/h4,6,11,15-16H,3,5,7-10,17H2,1-2H3. The van der Waals surface area contributed by atoms with Crippen LogP contribution in [0.3, 0.4) is 0 Å². The van der Waals surface area contributed by atoms with E-state index in [1.165, 1.54) is 5.56 Å². The third kappa shape index (κ3) is 3.72. The van der Waals surface area contributed by atoms with Crippen molar-refractivity contribution in [3.63, 3.8) is 0 Å². The number of fused-ring (bicyclic) bond motifs is 1. The fourth-order valence-corrected chi connectivity index (χ4v) is 2.61. The molecule has 0 saturated carbocycles. The Morgan fingerprint density at radius 2 is 2.10 bits per heavy atom. The number of nitrogens with two attached hydrogens (primary N) is 1. The van der Waals surface area contributed by atoms with Crippen LogP contribution in [0, 0.1) is 0 Å². The van der Waals surface area contributed by atoms with Crippen molar-refractivity contribution in [1.29, 1.82) is 0 Å². The molecule has 0 aliphatic heterocycles. The SMILES string of the molecule is CCCOCCOC1CCc2ccc(OC)cc2C1N. The highest BCUT2D eigenvalue weighted by Crippen LogP contribution is 2.32. The monoisotopic (exact) mass is 279 g/mol. The van der Waals surface area contributed by atoms with Crippen molar-refractivity contribution in [3.8, 4) is 5.75 Å². The summed E-state index contributed by atoms with van der Waals surface area (Å²) in [6, 6.07) is 6.04. The molecule has 0 fully saturated rings. The first-order chi connectivity index (χ1) is 9.76. The summed E-state index contributed by atoms with van der Waals surface area (Å²) in [6.07, 6.45) is 3.08. The van der Waals surface area contributed by atoms with Crippen LogP contribution < -0.4 is 10.5 Å². The van der Waals surface area contributed by atoms with Gasteiger partial charge in [0.25, 0.3) is 0 Å². The Kier molecular flexibility index (Phi) is 5.83. The molecule has 2 rings (SSSR count). The molecule has 1 aromatic rings. The maximum Gasteiger partial charge on any atom is 0.119 e. The first-order valence-electron chi connectivity index (χ1n) is 7.38. The van der Waals surface area contributed by atoms with Gasteiger partial charge in [0.2, 0.25) is 0 Å². The van der Waals surface area contributed by atoms with Crippen LogP contribution in [0.25, 0.3) is 0 Å². The van der Waals surface area contributed by atoms with Crippen molar-refractivity contribution in [2.24, 2.45) is 5.73 Å². The molecule has 0 aromatic heterocycles. The molecule has 0 radical (unpaired) electrons. The summed E-state index contributed by atoms with van der Waals surface area (Å²) in [5.41, 5.74) is 8.79. The van der Waals surface area contributed by atoms with E-state index in [0.717, 1.165) is 37.2 Å². The van der Waals surface area contributed by atoms with E-state index in [0.29, 0.717) is 13.2 Å². The molecule has 0 spiro atoms. The van der Waals surface area contributed by atoms with E-state index in [1.54, 1.807) is 7.11 Å². The summed E-state index contributed by atoms with van der Waals surface area (Å²) in [7, 11) is 1.68. The van der Waals surface area contributed by atoms with Crippen LogP contribution >= 0.6 is 0 Å². The van der Waals surface area contributed by atoms with Gasteiger partial charge in [0, 0.05) is 6.61 Å². The molecule has 1 aromatic carbocycles. The second kappa shape index (κ2) is 7.62. The normalized spacial score (nSPS) is 21.6. The van der Waals surface area contributed by atoms with Gasteiger partial charge in [-0.05, 0) is 42.5 Å². The Balaban J connectivity index is 1.91. The number of hydrogen-bond donors (Lipinski definition) is 1. The Labute approximate surface area is 121 Å². The molecular formula is C16H25NO3. The molecule has 20 heavy (non-hydrogen) atoms. The summed E-state index contributed by atoms with van der Waals surface area (Å²) < 4.78 is 16.6. The second-order valence-electron chi connectivity index (χ2n) is 5.15. The lowest BCUT2D eigenvalue weighted by Crippen LogP contribution is -2.34. The van der Waals surface area contributed by atoms with E-state index >= 15 is 0 Å². The Hall–Kier alpha value is -1.10. The summed E-state index contributed by atoms with van der Waals surface area (Å²) in [5.74, 6) is 0.853. The van der Waals surface area contributed by atoms with Crippen LogP contribution in [-0.2, 0) is 15.9 Å². The third-order valence-corrected chi connectivity index (χ3v) is 3.72.